The van der Waals surface area contributed by atoms with Crippen molar-refractivity contribution in [2.24, 2.45) is 17.8 Å². The van der Waals surface area contributed by atoms with E-state index in [1.807, 2.05) is 25.1 Å². The third-order valence-electron chi connectivity index (χ3n) is 13.1. The van der Waals surface area contributed by atoms with E-state index in [2.05, 4.69) is 26.7 Å². The van der Waals surface area contributed by atoms with Gasteiger partial charge in [0.15, 0.2) is 0 Å². The van der Waals surface area contributed by atoms with Crippen LogP contribution in [0.2, 0.25) is 5.02 Å². The first kappa shape index (κ1) is 33.8. The number of carbonyl (C=O) groups excluding carboxylic acids is 1. The van der Waals surface area contributed by atoms with Crippen LogP contribution in [-0.2, 0) is 26.6 Å². The van der Waals surface area contributed by atoms with Gasteiger partial charge in [-0.1, -0.05) is 31.0 Å². The molecule has 0 radical (unpaired) electrons. The van der Waals surface area contributed by atoms with Crippen LogP contribution >= 0.6 is 11.6 Å². The second-order valence-corrected chi connectivity index (χ2v) is 18.6. The van der Waals surface area contributed by atoms with Gasteiger partial charge in [0.2, 0.25) is 10.0 Å². The van der Waals surface area contributed by atoms with Gasteiger partial charge in [-0.2, -0.15) is 0 Å². The largest absolute Gasteiger partial charge is 0.490 e. The van der Waals surface area contributed by atoms with Crippen molar-refractivity contribution < 1.29 is 27.8 Å². The number of sulfonamides is 1. The minimum atomic E-state index is -3.94. The third kappa shape index (κ3) is 6.17. The maximum atomic E-state index is 13.6. The minimum Gasteiger partial charge on any atom is -0.490 e. The Labute approximate surface area is 295 Å². The van der Waals surface area contributed by atoms with Gasteiger partial charge in [-0.3, -0.25) is 9.69 Å². The van der Waals surface area contributed by atoms with E-state index in [0.717, 1.165) is 75.4 Å². The zero-order chi connectivity index (χ0) is 34.1. The summed E-state index contributed by atoms with van der Waals surface area (Å²) in [5.74, 6) is 0.269. The first-order valence-electron chi connectivity index (χ1n) is 18.4. The topological polar surface area (TPSA) is 108 Å². The molecule has 9 nitrogen and oxygen atoms in total. The van der Waals surface area contributed by atoms with Gasteiger partial charge in [0.1, 0.15) is 5.75 Å². The van der Waals surface area contributed by atoms with Crippen LogP contribution in [0.15, 0.2) is 36.4 Å². The number of nitrogens with one attached hydrogen (secondary N) is 1. The Hall–Kier alpha value is -2.37. The highest BCUT2D eigenvalue weighted by atomic mass is 35.5. The number of halogens is 1. The van der Waals surface area contributed by atoms with Crippen molar-refractivity contribution in [3.05, 3.63) is 58.1 Å². The highest BCUT2D eigenvalue weighted by Crippen LogP contribution is 2.49. The van der Waals surface area contributed by atoms with Gasteiger partial charge in [-0.15, -0.1) is 0 Å². The number of carbonyl (C=O) groups is 1. The molecule has 0 unspecified atom stereocenters. The van der Waals surface area contributed by atoms with Crippen molar-refractivity contribution in [2.45, 2.75) is 100 Å². The van der Waals surface area contributed by atoms with Crippen LogP contribution in [0, 0.1) is 17.8 Å². The van der Waals surface area contributed by atoms with E-state index in [-0.39, 0.29) is 29.3 Å². The van der Waals surface area contributed by atoms with Gasteiger partial charge in [0, 0.05) is 48.2 Å². The van der Waals surface area contributed by atoms with Crippen molar-refractivity contribution in [2.75, 3.05) is 44.3 Å². The number of nitrogens with zero attached hydrogens (tertiary/aromatic N) is 2. The van der Waals surface area contributed by atoms with Crippen LogP contribution in [-0.4, -0.2) is 86.7 Å². The highest BCUT2D eigenvalue weighted by Gasteiger charge is 2.51. The molecular formula is C38H50ClN3O6S. The molecular weight excluding hydrogens is 662 g/mol. The van der Waals surface area contributed by atoms with Crippen molar-refractivity contribution >= 4 is 33.2 Å². The van der Waals surface area contributed by atoms with Crippen molar-refractivity contribution in [1.29, 1.82) is 0 Å². The first-order chi connectivity index (χ1) is 23.4. The molecule has 1 amide bonds. The zero-order valence-corrected chi connectivity index (χ0v) is 30.3. The average Bonchev–Trinajstić information content (AvgIpc) is 3.63. The number of likely N-dealkylation sites (tertiary alicyclic amines) is 1. The molecule has 3 fully saturated rings. The lowest BCUT2D eigenvalue weighted by Crippen LogP contribution is -2.58. The van der Waals surface area contributed by atoms with E-state index in [9.17, 15) is 18.3 Å². The number of benzene rings is 2. The average molecular weight is 712 g/mol. The Morgan fingerprint density at radius 1 is 1.06 bits per heavy atom. The molecule has 0 aromatic heterocycles. The number of aryl methyl sites for hydroxylation is 1. The first-order valence-corrected chi connectivity index (χ1v) is 20.3. The summed E-state index contributed by atoms with van der Waals surface area (Å²) in [6.07, 6.45) is 8.23. The number of morpholine rings is 1. The van der Waals surface area contributed by atoms with E-state index in [1.165, 1.54) is 11.1 Å². The highest BCUT2D eigenvalue weighted by molar-refractivity contribution is 7.90. The molecule has 49 heavy (non-hydrogen) atoms. The summed E-state index contributed by atoms with van der Waals surface area (Å²) >= 11 is 6.47. The number of hydrogen-bond donors (Lipinski definition) is 2. The predicted molar refractivity (Wildman–Crippen MR) is 190 cm³/mol. The summed E-state index contributed by atoms with van der Waals surface area (Å²) < 4.78 is 41.9. The summed E-state index contributed by atoms with van der Waals surface area (Å²) in [4.78, 5) is 18.4. The smallest absolute Gasteiger partial charge is 0.264 e. The maximum absolute atomic E-state index is 13.6. The number of aliphatic hydroxyl groups is 1. The molecule has 11 heteroatoms. The quantitative estimate of drug-likeness (QED) is 0.432. The lowest BCUT2D eigenvalue weighted by atomic mass is 9.62. The molecule has 1 saturated carbocycles. The Balaban J connectivity index is 1.18. The van der Waals surface area contributed by atoms with E-state index >= 15 is 0 Å². The standard InChI is InChI=1S/C38H50ClN3O6S/c1-24-5-3-14-38(44,22-41-19-31-17-30(41)20-47-31)33-10-7-28(33)18-42-21-37(13-4-6-26-15-29(39)9-11-32(26)37)23-48-35-12-8-27(16-34(35)42)36(43)40-49(45,46)25(24)2/h8-9,11-12,15-16,24-25,28,30-31,33,44H,3-7,10,13-14,17-23H2,1-2H3,(H,40,43)/t24-,25+,28-,30+,31+,33+,37-,38-/m0/s1. The Bertz CT molecular complexity index is 1720. The van der Waals surface area contributed by atoms with Gasteiger partial charge in [-0.05, 0) is 118 Å². The summed E-state index contributed by atoms with van der Waals surface area (Å²) in [6, 6.07) is 11.9. The van der Waals surface area contributed by atoms with Gasteiger partial charge in [-0.25, -0.2) is 13.1 Å². The Morgan fingerprint density at radius 3 is 2.67 bits per heavy atom. The Kier molecular flexibility index (Phi) is 8.74. The summed E-state index contributed by atoms with van der Waals surface area (Å²) in [6.45, 7) is 7.75. The summed E-state index contributed by atoms with van der Waals surface area (Å²) in [7, 11) is -3.94. The van der Waals surface area contributed by atoms with E-state index in [0.29, 0.717) is 49.9 Å². The number of fused-ring (bicyclic) bond motifs is 6. The van der Waals surface area contributed by atoms with Crippen molar-refractivity contribution in [1.82, 2.24) is 9.62 Å². The zero-order valence-electron chi connectivity index (χ0n) is 28.7. The molecule has 4 aliphatic heterocycles. The second-order valence-electron chi connectivity index (χ2n) is 16.2. The number of amides is 1. The molecule has 8 atom stereocenters. The van der Waals surface area contributed by atoms with Crippen molar-refractivity contribution in [3.63, 3.8) is 0 Å². The van der Waals surface area contributed by atoms with Gasteiger partial charge < -0.3 is 19.5 Å². The van der Waals surface area contributed by atoms with Gasteiger partial charge in [0.25, 0.3) is 5.91 Å². The second kappa shape index (κ2) is 12.7. The lowest BCUT2D eigenvalue weighted by Gasteiger charge is -2.51. The van der Waals surface area contributed by atoms with Crippen LogP contribution in [0.4, 0.5) is 5.69 Å². The van der Waals surface area contributed by atoms with Gasteiger partial charge in [0.05, 0.1) is 35.9 Å². The Morgan fingerprint density at radius 2 is 1.92 bits per heavy atom. The number of anilines is 1. The minimum absolute atomic E-state index is 0.115. The van der Waals surface area contributed by atoms with Crippen LogP contribution < -0.4 is 14.4 Å². The van der Waals surface area contributed by atoms with Crippen LogP contribution in [0.3, 0.4) is 0 Å². The fourth-order valence-electron chi connectivity index (χ4n) is 9.99. The van der Waals surface area contributed by atoms with E-state index in [1.54, 1.807) is 13.0 Å². The number of β-amino-alcohol motifs (C(OH)–C–C–N with tert-alkyl or cyclic N) is 1. The number of hydrogen-bond acceptors (Lipinski definition) is 8. The monoisotopic (exact) mass is 711 g/mol. The van der Waals surface area contributed by atoms with E-state index in [4.69, 9.17) is 21.1 Å². The number of ether oxygens (including phenoxy) is 2. The van der Waals surface area contributed by atoms with Crippen molar-refractivity contribution in [3.8, 4) is 5.75 Å². The van der Waals surface area contributed by atoms with Crippen LogP contribution in [0.5, 0.6) is 5.75 Å². The molecule has 2 saturated heterocycles. The molecule has 266 valence electrons. The predicted octanol–water partition coefficient (Wildman–Crippen LogP) is 5.31. The van der Waals surface area contributed by atoms with Crippen LogP contribution in [0.1, 0.15) is 86.7 Å². The van der Waals surface area contributed by atoms with Gasteiger partial charge >= 0.3 is 0 Å². The fourth-order valence-corrected chi connectivity index (χ4v) is 11.5. The summed E-state index contributed by atoms with van der Waals surface area (Å²) in [5, 5.41) is 12.7. The molecule has 8 rings (SSSR count). The lowest BCUT2D eigenvalue weighted by molar-refractivity contribution is -0.115. The molecule has 2 aliphatic carbocycles. The summed E-state index contributed by atoms with van der Waals surface area (Å²) in [5.41, 5.74) is 2.46. The van der Waals surface area contributed by atoms with E-state index < -0.39 is 26.8 Å². The maximum Gasteiger partial charge on any atom is 0.264 e. The third-order valence-corrected chi connectivity index (χ3v) is 15.3. The normalized spacial score (nSPS) is 37.4. The van der Waals surface area contributed by atoms with Crippen LogP contribution in [0.25, 0.3) is 0 Å². The molecule has 1 spiro atoms. The SMILES string of the molecule is C[C@@H]1[C@@H](C)CCC[C@](O)(CN2C[C@H]3C[C@@H]2CO3)[C@@H]2CC[C@H]2CN2C[C@@]3(CCCc4cc(Cl)ccc43)COc3ccc(cc32)C(=O)NS1(=O)=O. The number of rotatable bonds is 2. The molecule has 6 aliphatic rings. The molecule has 4 bridgehead atoms. The molecule has 2 aromatic rings. The fraction of sp³-hybridized carbons (Fsp3) is 0.658. The molecule has 4 heterocycles. The molecule has 2 N–H and O–H groups in total. The molecule has 2 aromatic carbocycles.